The molecule has 1 saturated carbocycles. The summed E-state index contributed by atoms with van der Waals surface area (Å²) in [6.45, 7) is 3.11. The second-order valence-corrected chi connectivity index (χ2v) is 7.50. The molecule has 0 radical (unpaired) electrons. The molecule has 2 aromatic rings. The summed E-state index contributed by atoms with van der Waals surface area (Å²) >= 11 is 0. The lowest BCUT2D eigenvalue weighted by molar-refractivity contribution is -0.122. The fraction of sp³-hybridized carbons (Fsp3) is 0.391. The summed E-state index contributed by atoms with van der Waals surface area (Å²) in [4.78, 5) is 26.1. The predicted molar refractivity (Wildman–Crippen MR) is 112 cm³/mol. The van der Waals surface area contributed by atoms with E-state index in [4.69, 9.17) is 0 Å². The minimum absolute atomic E-state index is 0.0984. The molecule has 1 aliphatic rings. The first-order chi connectivity index (χ1) is 13.5. The Morgan fingerprint density at radius 2 is 1.75 bits per heavy atom. The Morgan fingerprint density at radius 3 is 2.39 bits per heavy atom. The van der Waals surface area contributed by atoms with E-state index in [0.29, 0.717) is 13.1 Å². The SMILES string of the molecule is CCc1ccc(CN(C)C(=O)NCc2cccc(NC(=O)C3CCC3)c2)cc1. The number of hydrogen-bond donors (Lipinski definition) is 2. The smallest absolute Gasteiger partial charge is 0.317 e. The molecule has 5 heteroatoms. The molecule has 2 N–H and O–H groups in total. The third kappa shape index (κ3) is 5.35. The third-order valence-electron chi connectivity index (χ3n) is 5.31. The number of anilines is 1. The molecule has 0 spiro atoms. The van der Waals surface area contributed by atoms with Crippen LogP contribution in [0.5, 0.6) is 0 Å². The van der Waals surface area contributed by atoms with Crippen LogP contribution in [0.3, 0.4) is 0 Å². The van der Waals surface area contributed by atoms with Gasteiger partial charge in [-0.05, 0) is 48.1 Å². The first-order valence-electron chi connectivity index (χ1n) is 10.0. The fourth-order valence-electron chi connectivity index (χ4n) is 3.21. The third-order valence-corrected chi connectivity index (χ3v) is 5.31. The molecule has 0 aliphatic heterocycles. The van der Waals surface area contributed by atoms with E-state index in [9.17, 15) is 9.59 Å². The number of amides is 3. The highest BCUT2D eigenvalue weighted by Crippen LogP contribution is 2.27. The van der Waals surface area contributed by atoms with E-state index in [1.165, 1.54) is 5.56 Å². The fourth-order valence-corrected chi connectivity index (χ4v) is 3.21. The van der Waals surface area contributed by atoms with Crippen LogP contribution < -0.4 is 10.6 Å². The van der Waals surface area contributed by atoms with Gasteiger partial charge >= 0.3 is 6.03 Å². The Bertz CT molecular complexity index is 813. The Hall–Kier alpha value is -2.82. The number of carbonyl (C=O) groups is 2. The Balaban J connectivity index is 1.49. The summed E-state index contributed by atoms with van der Waals surface area (Å²) in [7, 11) is 1.79. The Morgan fingerprint density at radius 1 is 1.04 bits per heavy atom. The van der Waals surface area contributed by atoms with Gasteiger partial charge in [-0.15, -0.1) is 0 Å². The van der Waals surface area contributed by atoms with Crippen LogP contribution in [0.4, 0.5) is 10.5 Å². The summed E-state index contributed by atoms with van der Waals surface area (Å²) in [6, 6.07) is 15.9. The zero-order chi connectivity index (χ0) is 19.9. The molecule has 0 bridgehead atoms. The van der Waals surface area contributed by atoms with Gasteiger partial charge < -0.3 is 15.5 Å². The van der Waals surface area contributed by atoms with E-state index >= 15 is 0 Å². The standard InChI is InChI=1S/C23H29N3O2/c1-3-17-10-12-18(13-11-17)16-26(2)23(28)24-15-19-6-4-9-21(14-19)25-22(27)20-7-5-8-20/h4,6,9-14,20H,3,5,7-8,15-16H2,1-2H3,(H,24,28)(H,25,27). The minimum atomic E-state index is -0.122. The molecule has 3 rings (SSSR count). The average Bonchev–Trinajstić information content (AvgIpc) is 2.65. The van der Waals surface area contributed by atoms with E-state index in [-0.39, 0.29) is 17.9 Å². The van der Waals surface area contributed by atoms with Crippen LogP contribution in [-0.4, -0.2) is 23.9 Å². The normalized spacial score (nSPS) is 13.5. The van der Waals surface area contributed by atoms with Gasteiger partial charge in [-0.1, -0.05) is 49.7 Å². The van der Waals surface area contributed by atoms with E-state index in [2.05, 4.69) is 41.8 Å². The van der Waals surface area contributed by atoms with Crippen molar-refractivity contribution in [1.29, 1.82) is 0 Å². The lowest BCUT2D eigenvalue weighted by atomic mass is 9.85. The minimum Gasteiger partial charge on any atom is -0.334 e. The molecule has 2 aromatic carbocycles. The molecule has 1 fully saturated rings. The zero-order valence-electron chi connectivity index (χ0n) is 16.7. The molecular formula is C23H29N3O2. The number of carbonyl (C=O) groups excluding carboxylic acids is 2. The van der Waals surface area contributed by atoms with E-state index < -0.39 is 0 Å². The van der Waals surface area contributed by atoms with Gasteiger partial charge in [0.2, 0.25) is 5.91 Å². The average molecular weight is 380 g/mol. The highest BCUT2D eigenvalue weighted by atomic mass is 16.2. The van der Waals surface area contributed by atoms with E-state index in [1.54, 1.807) is 11.9 Å². The second kappa shape index (κ2) is 9.40. The molecule has 148 valence electrons. The van der Waals surface area contributed by atoms with Gasteiger partial charge in [0, 0.05) is 31.7 Å². The molecule has 0 unspecified atom stereocenters. The molecule has 0 atom stereocenters. The maximum absolute atomic E-state index is 12.4. The van der Waals surface area contributed by atoms with Gasteiger partial charge in [-0.2, -0.15) is 0 Å². The summed E-state index contributed by atoms with van der Waals surface area (Å²) < 4.78 is 0. The predicted octanol–water partition coefficient (Wildman–Crippen LogP) is 4.33. The van der Waals surface area contributed by atoms with Crippen molar-refractivity contribution in [2.45, 2.75) is 45.7 Å². The number of hydrogen-bond acceptors (Lipinski definition) is 2. The van der Waals surface area contributed by atoms with Crippen LogP contribution in [0.1, 0.15) is 42.9 Å². The summed E-state index contributed by atoms with van der Waals surface area (Å²) in [6.07, 6.45) is 4.11. The maximum Gasteiger partial charge on any atom is 0.317 e. The number of benzene rings is 2. The zero-order valence-corrected chi connectivity index (χ0v) is 16.7. The lowest BCUT2D eigenvalue weighted by Gasteiger charge is -2.24. The van der Waals surface area contributed by atoms with Gasteiger partial charge in [0.05, 0.1) is 0 Å². The molecular weight excluding hydrogens is 350 g/mol. The van der Waals surface area contributed by atoms with Gasteiger partial charge in [-0.25, -0.2) is 4.79 Å². The van der Waals surface area contributed by atoms with Gasteiger partial charge in [0.1, 0.15) is 0 Å². The highest BCUT2D eigenvalue weighted by molar-refractivity contribution is 5.93. The second-order valence-electron chi connectivity index (χ2n) is 7.50. The topological polar surface area (TPSA) is 61.4 Å². The van der Waals surface area contributed by atoms with Crippen LogP contribution in [0, 0.1) is 5.92 Å². The van der Waals surface area contributed by atoms with Crippen molar-refractivity contribution in [2.75, 3.05) is 12.4 Å². The number of urea groups is 1. The van der Waals surface area contributed by atoms with Gasteiger partial charge in [0.25, 0.3) is 0 Å². The van der Waals surface area contributed by atoms with Crippen LogP contribution in [0.15, 0.2) is 48.5 Å². The van der Waals surface area contributed by atoms with Crippen molar-refractivity contribution in [3.05, 3.63) is 65.2 Å². The molecule has 3 amide bonds. The highest BCUT2D eigenvalue weighted by Gasteiger charge is 2.25. The maximum atomic E-state index is 12.4. The van der Waals surface area contributed by atoms with Crippen molar-refractivity contribution in [3.63, 3.8) is 0 Å². The van der Waals surface area contributed by atoms with Crippen molar-refractivity contribution in [1.82, 2.24) is 10.2 Å². The first kappa shape index (κ1) is 19.9. The molecule has 0 aromatic heterocycles. The first-order valence-corrected chi connectivity index (χ1v) is 10.0. The lowest BCUT2D eigenvalue weighted by Crippen LogP contribution is -2.36. The van der Waals surface area contributed by atoms with Crippen molar-refractivity contribution >= 4 is 17.6 Å². The monoisotopic (exact) mass is 379 g/mol. The largest absolute Gasteiger partial charge is 0.334 e. The van der Waals surface area contributed by atoms with Gasteiger partial charge in [-0.3, -0.25) is 4.79 Å². The molecule has 1 aliphatic carbocycles. The van der Waals surface area contributed by atoms with E-state index in [1.807, 2.05) is 24.3 Å². The van der Waals surface area contributed by atoms with Crippen molar-refractivity contribution in [3.8, 4) is 0 Å². The number of nitrogens with one attached hydrogen (secondary N) is 2. The Labute approximate surface area is 167 Å². The van der Waals surface area contributed by atoms with E-state index in [0.717, 1.165) is 42.5 Å². The number of aryl methyl sites for hydroxylation is 1. The Kier molecular flexibility index (Phi) is 6.69. The van der Waals surface area contributed by atoms with Crippen molar-refractivity contribution < 1.29 is 9.59 Å². The van der Waals surface area contributed by atoms with Crippen LogP contribution >= 0.6 is 0 Å². The molecule has 28 heavy (non-hydrogen) atoms. The molecule has 5 nitrogen and oxygen atoms in total. The number of nitrogens with zero attached hydrogens (tertiary/aromatic N) is 1. The van der Waals surface area contributed by atoms with Gasteiger partial charge in [0.15, 0.2) is 0 Å². The summed E-state index contributed by atoms with van der Waals surface area (Å²) in [5, 5.41) is 5.92. The quantitative estimate of drug-likeness (QED) is 0.752. The van der Waals surface area contributed by atoms with Crippen molar-refractivity contribution in [2.24, 2.45) is 5.92 Å². The van der Waals surface area contributed by atoms with Crippen LogP contribution in [-0.2, 0) is 24.3 Å². The summed E-state index contributed by atoms with van der Waals surface area (Å²) in [5.74, 6) is 0.254. The summed E-state index contributed by atoms with van der Waals surface area (Å²) in [5.41, 5.74) is 4.14. The van der Waals surface area contributed by atoms with Crippen LogP contribution in [0.25, 0.3) is 0 Å². The number of rotatable bonds is 7. The molecule has 0 heterocycles. The molecule has 0 saturated heterocycles. The van der Waals surface area contributed by atoms with Crippen LogP contribution in [0.2, 0.25) is 0 Å².